The van der Waals surface area contributed by atoms with Crippen molar-refractivity contribution in [1.82, 2.24) is 0 Å². The van der Waals surface area contributed by atoms with Gasteiger partial charge in [-0.15, -0.1) is 11.6 Å². The molecule has 0 atom stereocenters. The molecule has 0 aliphatic heterocycles. The first-order valence-corrected chi connectivity index (χ1v) is 6.89. The van der Waals surface area contributed by atoms with Crippen LogP contribution >= 0.6 is 50.7 Å². The first kappa shape index (κ1) is 15.1. The second-order valence-corrected chi connectivity index (χ2v) is 6.07. The van der Waals surface area contributed by atoms with E-state index in [2.05, 4.69) is 21.2 Å². The van der Waals surface area contributed by atoms with Crippen LogP contribution in [0.3, 0.4) is 0 Å². The van der Waals surface area contributed by atoms with E-state index in [1.807, 2.05) is 0 Å². The highest BCUT2D eigenvalue weighted by Gasteiger charge is 2.27. The molecular formula is C11H11BrCl3NO. The Hall–Kier alpha value is 0.0400. The first-order valence-electron chi connectivity index (χ1n) is 4.80. The van der Waals surface area contributed by atoms with Gasteiger partial charge in [0.25, 0.3) is 0 Å². The zero-order valence-electron chi connectivity index (χ0n) is 9.28. The number of carbonyl (C=O) groups is 1. The van der Waals surface area contributed by atoms with Gasteiger partial charge in [0.05, 0.1) is 21.1 Å². The summed E-state index contributed by atoms with van der Waals surface area (Å²) in [4.78, 5) is 11.9. The molecule has 0 saturated heterocycles. The number of carbonyl (C=O) groups excluding carboxylic acids is 1. The molecule has 6 heteroatoms. The fourth-order valence-electron chi connectivity index (χ4n) is 0.975. The Morgan fingerprint density at radius 3 is 2.47 bits per heavy atom. The zero-order valence-corrected chi connectivity index (χ0v) is 13.1. The lowest BCUT2D eigenvalue weighted by Gasteiger charge is -2.21. The van der Waals surface area contributed by atoms with Crippen molar-refractivity contribution in [1.29, 1.82) is 0 Å². The number of rotatable bonds is 3. The topological polar surface area (TPSA) is 29.1 Å². The van der Waals surface area contributed by atoms with Crippen molar-refractivity contribution in [2.24, 2.45) is 5.41 Å². The highest BCUT2D eigenvalue weighted by molar-refractivity contribution is 9.10. The van der Waals surface area contributed by atoms with E-state index in [-0.39, 0.29) is 11.8 Å². The van der Waals surface area contributed by atoms with Crippen LogP contribution in [0.5, 0.6) is 0 Å². The normalized spacial score (nSPS) is 11.4. The van der Waals surface area contributed by atoms with Crippen molar-refractivity contribution < 1.29 is 4.79 Å². The van der Waals surface area contributed by atoms with Crippen LogP contribution in [-0.4, -0.2) is 11.8 Å². The molecule has 1 rings (SSSR count). The molecule has 0 saturated carbocycles. The fourth-order valence-corrected chi connectivity index (χ4v) is 1.92. The molecule has 1 N–H and O–H groups in total. The second-order valence-electron chi connectivity index (χ2n) is 4.19. The lowest BCUT2D eigenvalue weighted by Crippen LogP contribution is -2.32. The Labute approximate surface area is 124 Å². The summed E-state index contributed by atoms with van der Waals surface area (Å²) < 4.78 is 0.679. The third kappa shape index (κ3) is 3.50. The average Bonchev–Trinajstić information content (AvgIpc) is 2.29. The Morgan fingerprint density at radius 1 is 1.35 bits per heavy atom. The fraction of sp³-hybridized carbons (Fsp3) is 0.364. The van der Waals surface area contributed by atoms with Crippen molar-refractivity contribution in [3.63, 3.8) is 0 Å². The summed E-state index contributed by atoms with van der Waals surface area (Å²) in [6.45, 7) is 3.51. The van der Waals surface area contributed by atoms with Crippen molar-refractivity contribution >= 4 is 62.3 Å². The van der Waals surface area contributed by atoms with Crippen molar-refractivity contribution in [3.8, 4) is 0 Å². The maximum Gasteiger partial charge on any atom is 0.231 e. The Bertz CT molecular complexity index is 449. The number of hydrogen-bond donors (Lipinski definition) is 1. The van der Waals surface area contributed by atoms with Gasteiger partial charge in [-0.1, -0.05) is 23.2 Å². The quantitative estimate of drug-likeness (QED) is 0.600. The monoisotopic (exact) mass is 357 g/mol. The van der Waals surface area contributed by atoms with Gasteiger partial charge in [0, 0.05) is 10.4 Å². The van der Waals surface area contributed by atoms with Crippen LogP contribution < -0.4 is 5.32 Å². The SMILES string of the molecule is CC(C)(CCl)C(=O)Nc1ccc(Br)c(Cl)c1Cl. The lowest BCUT2D eigenvalue weighted by molar-refractivity contribution is -0.122. The molecule has 0 aliphatic carbocycles. The summed E-state index contributed by atoms with van der Waals surface area (Å²) in [7, 11) is 0. The smallest absolute Gasteiger partial charge is 0.231 e. The molecule has 1 aromatic carbocycles. The van der Waals surface area contributed by atoms with E-state index in [9.17, 15) is 4.79 Å². The van der Waals surface area contributed by atoms with E-state index in [1.165, 1.54) is 0 Å². The molecule has 94 valence electrons. The molecule has 0 aliphatic rings. The minimum atomic E-state index is -0.662. The maximum absolute atomic E-state index is 11.9. The van der Waals surface area contributed by atoms with Gasteiger partial charge in [0.1, 0.15) is 0 Å². The highest BCUT2D eigenvalue weighted by atomic mass is 79.9. The maximum atomic E-state index is 11.9. The van der Waals surface area contributed by atoms with Crippen molar-refractivity contribution in [2.75, 3.05) is 11.2 Å². The van der Waals surface area contributed by atoms with Crippen LogP contribution in [0.25, 0.3) is 0 Å². The van der Waals surface area contributed by atoms with Crippen LogP contribution in [0.15, 0.2) is 16.6 Å². The number of hydrogen-bond acceptors (Lipinski definition) is 1. The minimum absolute atomic E-state index is 0.201. The van der Waals surface area contributed by atoms with E-state index >= 15 is 0 Å². The number of nitrogens with one attached hydrogen (secondary N) is 1. The number of amides is 1. The number of alkyl halides is 1. The van der Waals surface area contributed by atoms with Gasteiger partial charge >= 0.3 is 0 Å². The molecule has 0 bridgehead atoms. The average molecular weight is 359 g/mol. The highest BCUT2D eigenvalue weighted by Crippen LogP contribution is 2.36. The zero-order chi connectivity index (χ0) is 13.2. The lowest BCUT2D eigenvalue weighted by atomic mass is 9.95. The van der Waals surface area contributed by atoms with E-state index < -0.39 is 5.41 Å². The van der Waals surface area contributed by atoms with Crippen LogP contribution in [0, 0.1) is 5.41 Å². The molecule has 1 aromatic rings. The number of halogens is 4. The second kappa shape index (κ2) is 5.79. The van der Waals surface area contributed by atoms with E-state index in [4.69, 9.17) is 34.8 Å². The van der Waals surface area contributed by atoms with Gasteiger partial charge < -0.3 is 5.32 Å². The summed E-state index contributed by atoms with van der Waals surface area (Å²) in [5.41, 5.74) is -0.187. The summed E-state index contributed by atoms with van der Waals surface area (Å²) in [6.07, 6.45) is 0. The largest absolute Gasteiger partial charge is 0.324 e. The Morgan fingerprint density at radius 2 is 1.94 bits per heavy atom. The number of anilines is 1. The summed E-state index contributed by atoms with van der Waals surface area (Å²) in [6, 6.07) is 3.40. The Kier molecular flexibility index (Phi) is 5.14. The third-order valence-corrected chi connectivity index (χ3v) is 4.67. The predicted molar refractivity (Wildman–Crippen MR) is 77.3 cm³/mol. The van der Waals surface area contributed by atoms with Crippen LogP contribution in [0.4, 0.5) is 5.69 Å². The van der Waals surface area contributed by atoms with Crippen molar-refractivity contribution in [3.05, 3.63) is 26.7 Å². The molecule has 0 spiro atoms. The summed E-state index contributed by atoms with van der Waals surface area (Å²) in [5.74, 6) is 0.0218. The molecule has 0 aromatic heterocycles. The van der Waals surface area contributed by atoms with Gasteiger partial charge in [0.15, 0.2) is 0 Å². The Balaban J connectivity index is 2.98. The molecule has 0 fully saturated rings. The first-order chi connectivity index (χ1) is 7.79. The van der Waals surface area contributed by atoms with Gasteiger partial charge in [-0.3, -0.25) is 4.79 Å². The third-order valence-electron chi connectivity index (χ3n) is 2.23. The van der Waals surface area contributed by atoms with E-state index in [0.29, 0.717) is 20.2 Å². The molecule has 0 unspecified atom stereocenters. The van der Waals surface area contributed by atoms with Crippen LogP contribution in [0.1, 0.15) is 13.8 Å². The molecular weight excluding hydrogens is 348 g/mol. The van der Waals surface area contributed by atoms with E-state index in [0.717, 1.165) is 0 Å². The molecule has 1 amide bonds. The molecule has 17 heavy (non-hydrogen) atoms. The standard InChI is InChI=1S/C11H11BrCl3NO/c1-11(2,5-13)10(17)16-7-4-3-6(12)8(14)9(7)15/h3-4H,5H2,1-2H3,(H,16,17). The van der Waals surface area contributed by atoms with Crippen LogP contribution in [-0.2, 0) is 4.79 Å². The van der Waals surface area contributed by atoms with Gasteiger partial charge in [0.2, 0.25) is 5.91 Å². The predicted octanol–water partition coefficient (Wildman–Crippen LogP) is 4.96. The van der Waals surface area contributed by atoms with Gasteiger partial charge in [-0.2, -0.15) is 0 Å². The number of benzene rings is 1. The summed E-state index contributed by atoms with van der Waals surface area (Å²) >= 11 is 21.0. The summed E-state index contributed by atoms with van der Waals surface area (Å²) in [5, 5.41) is 3.38. The van der Waals surface area contributed by atoms with E-state index in [1.54, 1.807) is 26.0 Å². The molecule has 0 radical (unpaired) electrons. The van der Waals surface area contributed by atoms with Gasteiger partial charge in [-0.05, 0) is 41.9 Å². The minimum Gasteiger partial charge on any atom is -0.324 e. The van der Waals surface area contributed by atoms with Crippen molar-refractivity contribution in [2.45, 2.75) is 13.8 Å². The van der Waals surface area contributed by atoms with Gasteiger partial charge in [-0.25, -0.2) is 0 Å². The molecule has 0 heterocycles. The molecule has 2 nitrogen and oxygen atoms in total. The van der Waals surface area contributed by atoms with Crippen LogP contribution in [0.2, 0.25) is 10.0 Å².